The summed E-state index contributed by atoms with van der Waals surface area (Å²) in [5.41, 5.74) is 1.46. The summed E-state index contributed by atoms with van der Waals surface area (Å²) in [5.74, 6) is -1.18. The summed E-state index contributed by atoms with van der Waals surface area (Å²) in [5, 5.41) is 17.9. The van der Waals surface area contributed by atoms with E-state index in [4.69, 9.17) is 0 Å². The SMILES string of the molecule is CC(C)[C@@H]1CCC(C(=O)N2CC[C@H](CO)C2)c2nnc(-c3c(F)cccc3F)cc21. The first kappa shape index (κ1) is 20.8. The van der Waals surface area contributed by atoms with Gasteiger partial charge in [-0.05, 0) is 54.9 Å². The highest BCUT2D eigenvalue weighted by molar-refractivity contribution is 5.84. The Bertz CT molecular complexity index is 930. The van der Waals surface area contributed by atoms with Gasteiger partial charge >= 0.3 is 0 Å². The maximum Gasteiger partial charge on any atom is 0.231 e. The summed E-state index contributed by atoms with van der Waals surface area (Å²) in [6.07, 6.45) is 2.29. The van der Waals surface area contributed by atoms with Crippen LogP contribution in [0.15, 0.2) is 24.3 Å². The number of carbonyl (C=O) groups excluding carboxylic acids is 1. The molecule has 1 aliphatic carbocycles. The zero-order chi connectivity index (χ0) is 21.4. The lowest BCUT2D eigenvalue weighted by Crippen LogP contribution is -2.36. The van der Waals surface area contributed by atoms with E-state index in [0.717, 1.165) is 18.4 Å². The van der Waals surface area contributed by atoms with E-state index in [0.29, 0.717) is 31.1 Å². The molecule has 160 valence electrons. The van der Waals surface area contributed by atoms with E-state index in [1.807, 2.05) is 0 Å². The van der Waals surface area contributed by atoms with Gasteiger partial charge in [-0.25, -0.2) is 8.78 Å². The van der Waals surface area contributed by atoms with E-state index in [2.05, 4.69) is 24.0 Å². The summed E-state index contributed by atoms with van der Waals surface area (Å²) in [6.45, 7) is 5.48. The Balaban J connectivity index is 1.73. The van der Waals surface area contributed by atoms with Crippen molar-refractivity contribution in [3.8, 4) is 11.3 Å². The van der Waals surface area contributed by atoms with E-state index < -0.39 is 17.6 Å². The third kappa shape index (κ3) is 3.71. The van der Waals surface area contributed by atoms with Gasteiger partial charge in [0.1, 0.15) is 11.6 Å². The number of hydrogen-bond donors (Lipinski definition) is 1. The van der Waals surface area contributed by atoms with Crippen LogP contribution in [0, 0.1) is 23.5 Å². The average Bonchev–Trinajstić information content (AvgIpc) is 3.21. The summed E-state index contributed by atoms with van der Waals surface area (Å²) >= 11 is 0. The molecule has 1 fully saturated rings. The molecule has 30 heavy (non-hydrogen) atoms. The summed E-state index contributed by atoms with van der Waals surface area (Å²) < 4.78 is 28.6. The minimum absolute atomic E-state index is 0.00790. The van der Waals surface area contributed by atoms with Gasteiger partial charge in [-0.1, -0.05) is 19.9 Å². The molecule has 2 heterocycles. The lowest BCUT2D eigenvalue weighted by atomic mass is 9.74. The number of amides is 1. The number of halogens is 2. The van der Waals surface area contributed by atoms with E-state index in [1.165, 1.54) is 18.2 Å². The molecule has 1 aromatic carbocycles. The molecule has 1 amide bonds. The molecule has 1 aliphatic heterocycles. The third-order valence-electron chi connectivity index (χ3n) is 6.53. The van der Waals surface area contributed by atoms with E-state index in [-0.39, 0.29) is 35.6 Å². The van der Waals surface area contributed by atoms with E-state index in [1.54, 1.807) is 11.0 Å². The normalized spacial score (nSPS) is 23.7. The van der Waals surface area contributed by atoms with Crippen molar-refractivity contribution in [2.24, 2.45) is 11.8 Å². The summed E-state index contributed by atoms with van der Waals surface area (Å²) in [6, 6.07) is 5.45. The number of aliphatic hydroxyl groups excluding tert-OH is 1. The monoisotopic (exact) mass is 415 g/mol. The quantitative estimate of drug-likeness (QED) is 0.823. The number of rotatable bonds is 4. The Hall–Kier alpha value is -2.41. The number of likely N-dealkylation sites (tertiary alicyclic amines) is 1. The molecular formula is C23H27F2N3O2. The lowest BCUT2D eigenvalue weighted by Gasteiger charge is -2.33. The van der Waals surface area contributed by atoms with Crippen LogP contribution in [0.3, 0.4) is 0 Å². The van der Waals surface area contributed by atoms with Crippen molar-refractivity contribution < 1.29 is 18.7 Å². The molecular weight excluding hydrogens is 388 g/mol. The fraction of sp³-hybridized carbons (Fsp3) is 0.522. The van der Waals surface area contributed by atoms with Gasteiger partial charge in [0.25, 0.3) is 0 Å². The molecule has 4 rings (SSSR count). The second kappa shape index (κ2) is 8.38. The molecule has 1 unspecified atom stereocenters. The number of aromatic nitrogens is 2. The van der Waals surface area contributed by atoms with Gasteiger partial charge < -0.3 is 10.0 Å². The van der Waals surface area contributed by atoms with Crippen molar-refractivity contribution >= 4 is 5.91 Å². The highest BCUT2D eigenvalue weighted by atomic mass is 19.1. The molecule has 1 aromatic heterocycles. The van der Waals surface area contributed by atoms with Gasteiger partial charge in [0.2, 0.25) is 5.91 Å². The average molecular weight is 415 g/mol. The number of nitrogens with zero attached hydrogens (tertiary/aromatic N) is 3. The lowest BCUT2D eigenvalue weighted by molar-refractivity contribution is -0.132. The minimum atomic E-state index is -0.680. The van der Waals surface area contributed by atoms with Crippen molar-refractivity contribution in [3.63, 3.8) is 0 Å². The molecule has 2 aliphatic rings. The number of carbonyl (C=O) groups is 1. The van der Waals surface area contributed by atoms with E-state index in [9.17, 15) is 18.7 Å². The summed E-state index contributed by atoms with van der Waals surface area (Å²) in [4.78, 5) is 15.0. The first-order valence-corrected chi connectivity index (χ1v) is 10.6. The smallest absolute Gasteiger partial charge is 0.231 e. The number of fused-ring (bicyclic) bond motifs is 1. The molecule has 7 heteroatoms. The van der Waals surface area contributed by atoms with Crippen LogP contribution in [-0.4, -0.2) is 45.8 Å². The molecule has 1 saturated heterocycles. The zero-order valence-electron chi connectivity index (χ0n) is 17.3. The van der Waals surface area contributed by atoms with Gasteiger partial charge in [-0.15, -0.1) is 5.10 Å². The molecule has 0 spiro atoms. The number of hydrogen-bond acceptors (Lipinski definition) is 4. The third-order valence-corrected chi connectivity index (χ3v) is 6.53. The van der Waals surface area contributed by atoms with Crippen molar-refractivity contribution in [3.05, 3.63) is 47.2 Å². The van der Waals surface area contributed by atoms with Crippen LogP contribution >= 0.6 is 0 Å². The largest absolute Gasteiger partial charge is 0.396 e. The summed E-state index contributed by atoms with van der Waals surface area (Å²) in [7, 11) is 0. The Morgan fingerprint density at radius 1 is 1.20 bits per heavy atom. The second-order valence-corrected chi connectivity index (χ2v) is 8.77. The second-order valence-electron chi connectivity index (χ2n) is 8.77. The number of aliphatic hydroxyl groups is 1. The number of benzene rings is 1. The molecule has 1 N–H and O–H groups in total. The van der Waals surface area contributed by atoms with Crippen molar-refractivity contribution in [2.45, 2.75) is 44.9 Å². The fourth-order valence-corrected chi connectivity index (χ4v) is 4.82. The van der Waals surface area contributed by atoms with Gasteiger partial charge in [-0.2, -0.15) is 5.10 Å². The van der Waals surface area contributed by atoms with E-state index >= 15 is 0 Å². The van der Waals surface area contributed by atoms with Crippen LogP contribution in [0.4, 0.5) is 8.78 Å². The fourth-order valence-electron chi connectivity index (χ4n) is 4.82. The molecule has 2 aromatic rings. The zero-order valence-corrected chi connectivity index (χ0v) is 17.3. The van der Waals surface area contributed by atoms with Crippen molar-refractivity contribution in [1.29, 1.82) is 0 Å². The minimum Gasteiger partial charge on any atom is -0.396 e. The molecule has 0 radical (unpaired) electrons. The van der Waals surface area contributed by atoms with Crippen molar-refractivity contribution in [1.82, 2.24) is 15.1 Å². The van der Waals surface area contributed by atoms with Crippen LogP contribution in [0.5, 0.6) is 0 Å². The van der Waals surface area contributed by atoms with Crippen LogP contribution in [0.25, 0.3) is 11.3 Å². The Kier molecular flexibility index (Phi) is 5.82. The molecule has 0 bridgehead atoms. The van der Waals surface area contributed by atoms with Crippen LogP contribution in [0.2, 0.25) is 0 Å². The van der Waals surface area contributed by atoms with Gasteiger partial charge in [0.15, 0.2) is 0 Å². The standard InChI is InChI=1S/C23H27F2N3O2/c1-13(2)15-6-7-16(23(30)28-9-8-14(11-28)12-29)22-17(15)10-20(26-27-22)21-18(24)4-3-5-19(21)25/h3-5,10,13-16,29H,6-9,11-12H2,1-2H3/t14-,15-,16?/m0/s1. The molecule has 0 saturated carbocycles. The van der Waals surface area contributed by atoms with Gasteiger partial charge in [-0.3, -0.25) is 4.79 Å². The first-order valence-electron chi connectivity index (χ1n) is 10.6. The van der Waals surface area contributed by atoms with Gasteiger partial charge in [0, 0.05) is 25.6 Å². The topological polar surface area (TPSA) is 66.3 Å². The van der Waals surface area contributed by atoms with Crippen LogP contribution in [-0.2, 0) is 4.79 Å². The Morgan fingerprint density at radius 2 is 1.93 bits per heavy atom. The molecule has 3 atom stereocenters. The van der Waals surface area contributed by atoms with Crippen LogP contribution < -0.4 is 0 Å². The molecule has 5 nitrogen and oxygen atoms in total. The predicted molar refractivity (Wildman–Crippen MR) is 109 cm³/mol. The van der Waals surface area contributed by atoms with Gasteiger partial charge in [0.05, 0.1) is 22.9 Å². The Labute approximate surface area is 175 Å². The highest BCUT2D eigenvalue weighted by Gasteiger charge is 2.38. The maximum absolute atomic E-state index is 14.3. The maximum atomic E-state index is 14.3. The first-order chi connectivity index (χ1) is 14.4. The van der Waals surface area contributed by atoms with Crippen LogP contribution in [0.1, 0.15) is 56.2 Å². The van der Waals surface area contributed by atoms with Crippen molar-refractivity contribution in [2.75, 3.05) is 19.7 Å². The predicted octanol–water partition coefficient (Wildman–Crippen LogP) is 3.88. The highest BCUT2D eigenvalue weighted by Crippen LogP contribution is 2.43. The Morgan fingerprint density at radius 3 is 2.57 bits per heavy atom.